The fraction of sp³-hybridized carbons (Fsp3) is 0.188. The van der Waals surface area contributed by atoms with Crippen LogP contribution in [-0.2, 0) is 21.2 Å². The van der Waals surface area contributed by atoms with Gasteiger partial charge in [-0.1, -0.05) is 30.3 Å². The zero-order valence-electron chi connectivity index (χ0n) is 12.0. The van der Waals surface area contributed by atoms with E-state index in [1.165, 1.54) is 18.2 Å². The minimum Gasteiger partial charge on any atom is -0.351 e. The van der Waals surface area contributed by atoms with Gasteiger partial charge < -0.3 is 5.32 Å². The minimum atomic E-state index is -3.66. The van der Waals surface area contributed by atoms with E-state index in [1.807, 2.05) is 0 Å². The molecule has 2 rings (SSSR count). The Balaban J connectivity index is 1.97. The molecule has 0 aliphatic carbocycles. The molecule has 0 atom stereocenters. The van der Waals surface area contributed by atoms with Crippen molar-refractivity contribution < 1.29 is 17.6 Å². The number of nitrogens with one attached hydrogen (secondary N) is 1. The molecule has 0 unspecified atom stereocenters. The molecule has 0 fully saturated rings. The normalized spacial score (nSPS) is 11.2. The second-order valence-corrected chi connectivity index (χ2v) is 6.92. The Morgan fingerprint density at radius 1 is 1.14 bits per heavy atom. The number of amides is 1. The van der Waals surface area contributed by atoms with Crippen molar-refractivity contribution in [3.63, 3.8) is 0 Å². The van der Waals surface area contributed by atoms with Gasteiger partial charge in [0.25, 0.3) is 0 Å². The summed E-state index contributed by atoms with van der Waals surface area (Å²) in [4.78, 5) is 11.9. The summed E-state index contributed by atoms with van der Waals surface area (Å²) < 4.78 is 37.5. The van der Waals surface area contributed by atoms with Crippen molar-refractivity contribution in [2.24, 2.45) is 0 Å². The molecular formula is C16H16FNO3S. The second kappa shape index (κ2) is 6.70. The highest BCUT2D eigenvalue weighted by atomic mass is 32.2. The van der Waals surface area contributed by atoms with Crippen LogP contribution in [0.3, 0.4) is 0 Å². The van der Waals surface area contributed by atoms with Crippen LogP contribution in [0.25, 0.3) is 0 Å². The van der Waals surface area contributed by atoms with Gasteiger partial charge in [-0.05, 0) is 36.2 Å². The smallest absolute Gasteiger partial charge is 0.235 e. The summed E-state index contributed by atoms with van der Waals surface area (Å²) in [5, 5.41) is 2.49. The Labute approximate surface area is 128 Å². The Hall–Kier alpha value is -2.21. The second-order valence-electron chi connectivity index (χ2n) is 4.93. The van der Waals surface area contributed by atoms with Crippen LogP contribution in [0, 0.1) is 12.7 Å². The van der Waals surface area contributed by atoms with Crippen LogP contribution in [0.1, 0.15) is 11.1 Å². The number of carbonyl (C=O) groups is 1. The maximum atomic E-state index is 13.4. The minimum absolute atomic E-state index is 0.0837. The summed E-state index contributed by atoms with van der Waals surface area (Å²) in [7, 11) is -3.66. The highest BCUT2D eigenvalue weighted by Gasteiger charge is 2.18. The largest absolute Gasteiger partial charge is 0.351 e. The molecule has 0 saturated carbocycles. The topological polar surface area (TPSA) is 63.2 Å². The molecule has 0 aliphatic heterocycles. The number of hydrogen-bond donors (Lipinski definition) is 1. The number of aryl methyl sites for hydroxylation is 1. The van der Waals surface area contributed by atoms with Crippen molar-refractivity contribution in [1.82, 2.24) is 5.32 Å². The molecule has 0 bridgehead atoms. The number of halogens is 1. The Morgan fingerprint density at radius 2 is 1.82 bits per heavy atom. The van der Waals surface area contributed by atoms with Gasteiger partial charge in [0.15, 0.2) is 9.84 Å². The van der Waals surface area contributed by atoms with Crippen molar-refractivity contribution in [2.45, 2.75) is 18.4 Å². The number of rotatable bonds is 5. The molecule has 4 nitrogen and oxygen atoms in total. The molecule has 0 radical (unpaired) electrons. The number of hydrogen-bond acceptors (Lipinski definition) is 3. The molecular weight excluding hydrogens is 305 g/mol. The molecule has 0 saturated heterocycles. The third-order valence-electron chi connectivity index (χ3n) is 3.15. The molecule has 0 aromatic heterocycles. The Morgan fingerprint density at radius 3 is 2.45 bits per heavy atom. The van der Waals surface area contributed by atoms with Crippen LogP contribution in [0.15, 0.2) is 53.4 Å². The fourth-order valence-electron chi connectivity index (χ4n) is 1.88. The first-order valence-electron chi connectivity index (χ1n) is 6.68. The molecule has 0 aliphatic rings. The van der Waals surface area contributed by atoms with E-state index in [0.717, 1.165) is 0 Å². The van der Waals surface area contributed by atoms with Gasteiger partial charge in [-0.2, -0.15) is 0 Å². The molecule has 2 aromatic rings. The van der Waals surface area contributed by atoms with Crippen LogP contribution < -0.4 is 5.32 Å². The first-order valence-corrected chi connectivity index (χ1v) is 8.33. The lowest BCUT2D eigenvalue weighted by atomic mass is 10.1. The Kier molecular flexibility index (Phi) is 4.92. The van der Waals surface area contributed by atoms with Crippen LogP contribution in [0.4, 0.5) is 4.39 Å². The van der Waals surface area contributed by atoms with Gasteiger partial charge in [-0.25, -0.2) is 12.8 Å². The summed E-state index contributed by atoms with van der Waals surface area (Å²) >= 11 is 0. The van der Waals surface area contributed by atoms with E-state index < -0.39 is 21.5 Å². The van der Waals surface area contributed by atoms with Gasteiger partial charge in [-0.15, -0.1) is 0 Å². The third-order valence-corrected chi connectivity index (χ3v) is 4.78. The van der Waals surface area contributed by atoms with Gasteiger partial charge in [0.2, 0.25) is 5.91 Å². The van der Waals surface area contributed by atoms with Gasteiger partial charge in [0.1, 0.15) is 11.6 Å². The molecule has 0 heterocycles. The zero-order chi connectivity index (χ0) is 16.2. The third kappa shape index (κ3) is 4.14. The van der Waals surface area contributed by atoms with Crippen molar-refractivity contribution in [3.8, 4) is 0 Å². The fourth-order valence-corrected chi connectivity index (χ4v) is 3.07. The molecule has 22 heavy (non-hydrogen) atoms. The molecule has 6 heteroatoms. The first kappa shape index (κ1) is 16.2. The van der Waals surface area contributed by atoms with Crippen molar-refractivity contribution in [1.29, 1.82) is 0 Å². The van der Waals surface area contributed by atoms with Crippen LogP contribution in [-0.4, -0.2) is 20.1 Å². The highest BCUT2D eigenvalue weighted by Crippen LogP contribution is 2.11. The monoisotopic (exact) mass is 321 g/mol. The summed E-state index contributed by atoms with van der Waals surface area (Å²) in [6.07, 6.45) is 0. The van der Waals surface area contributed by atoms with E-state index in [2.05, 4.69) is 5.32 Å². The summed E-state index contributed by atoms with van der Waals surface area (Å²) in [5.74, 6) is -1.61. The predicted molar refractivity (Wildman–Crippen MR) is 81.5 cm³/mol. The molecule has 1 amide bonds. The van der Waals surface area contributed by atoms with Crippen molar-refractivity contribution in [3.05, 3.63) is 65.5 Å². The van der Waals surface area contributed by atoms with Crippen molar-refractivity contribution >= 4 is 15.7 Å². The van der Waals surface area contributed by atoms with Gasteiger partial charge >= 0.3 is 0 Å². The lowest BCUT2D eigenvalue weighted by molar-refractivity contribution is -0.118. The van der Waals surface area contributed by atoms with E-state index in [9.17, 15) is 17.6 Å². The average Bonchev–Trinajstić information content (AvgIpc) is 2.49. The predicted octanol–water partition coefficient (Wildman–Crippen LogP) is 2.22. The van der Waals surface area contributed by atoms with Crippen LogP contribution in [0.5, 0.6) is 0 Å². The first-order chi connectivity index (χ1) is 10.4. The summed E-state index contributed by atoms with van der Waals surface area (Å²) in [6, 6.07) is 12.4. The maximum absolute atomic E-state index is 13.4. The van der Waals surface area contributed by atoms with E-state index in [0.29, 0.717) is 11.1 Å². The SMILES string of the molecule is Cc1ccc(CNC(=O)CS(=O)(=O)c2ccccc2)cc1F. The maximum Gasteiger partial charge on any atom is 0.235 e. The quantitative estimate of drug-likeness (QED) is 0.918. The van der Waals surface area contributed by atoms with E-state index in [-0.39, 0.29) is 17.3 Å². The van der Waals surface area contributed by atoms with Gasteiger partial charge in [-0.3, -0.25) is 4.79 Å². The zero-order valence-corrected chi connectivity index (χ0v) is 12.9. The van der Waals surface area contributed by atoms with E-state index in [1.54, 1.807) is 37.3 Å². The lowest BCUT2D eigenvalue weighted by Crippen LogP contribution is -2.30. The van der Waals surface area contributed by atoms with Crippen LogP contribution >= 0.6 is 0 Å². The lowest BCUT2D eigenvalue weighted by Gasteiger charge is -2.07. The molecule has 1 N–H and O–H groups in total. The molecule has 116 valence electrons. The van der Waals surface area contributed by atoms with E-state index in [4.69, 9.17) is 0 Å². The number of benzene rings is 2. The number of sulfone groups is 1. The summed E-state index contributed by atoms with van der Waals surface area (Å²) in [5.41, 5.74) is 1.09. The Bertz CT molecular complexity index is 773. The van der Waals surface area contributed by atoms with Crippen molar-refractivity contribution in [2.75, 3.05) is 5.75 Å². The van der Waals surface area contributed by atoms with E-state index >= 15 is 0 Å². The van der Waals surface area contributed by atoms with Gasteiger partial charge in [0.05, 0.1) is 4.90 Å². The van der Waals surface area contributed by atoms with Crippen LogP contribution in [0.2, 0.25) is 0 Å². The number of carbonyl (C=O) groups excluding carboxylic acids is 1. The van der Waals surface area contributed by atoms with Gasteiger partial charge in [0, 0.05) is 6.54 Å². The standard InChI is InChI=1S/C16H16FNO3S/c1-12-7-8-13(9-15(12)17)10-18-16(19)11-22(20,21)14-5-3-2-4-6-14/h2-9H,10-11H2,1H3,(H,18,19). The molecule has 2 aromatic carbocycles. The average molecular weight is 321 g/mol. The summed E-state index contributed by atoms with van der Waals surface area (Å²) in [6.45, 7) is 1.73. The molecule has 0 spiro atoms. The highest BCUT2D eigenvalue weighted by molar-refractivity contribution is 7.92.